The Hall–Kier alpha value is -3.68. The molecule has 5 amide bonds. The van der Waals surface area contributed by atoms with Gasteiger partial charge in [-0.2, -0.15) is 0 Å². The number of benzene rings is 1. The van der Waals surface area contributed by atoms with E-state index in [1.807, 2.05) is 25.1 Å². The van der Waals surface area contributed by atoms with Gasteiger partial charge in [-0.3, -0.25) is 23.9 Å². The molecule has 1 aromatic rings. The molecule has 2 aliphatic carbocycles. The van der Waals surface area contributed by atoms with Gasteiger partial charge >= 0.3 is 6.09 Å². The highest BCUT2D eigenvalue weighted by atomic mass is 32.2. The fourth-order valence-corrected chi connectivity index (χ4v) is 8.77. The van der Waals surface area contributed by atoms with Crippen molar-refractivity contribution in [2.45, 2.75) is 140 Å². The van der Waals surface area contributed by atoms with Gasteiger partial charge in [0.2, 0.25) is 27.7 Å². The molecule has 282 valence electrons. The second kappa shape index (κ2) is 15.9. The van der Waals surface area contributed by atoms with Crippen molar-refractivity contribution in [3.05, 3.63) is 35.4 Å². The number of hydrogen-bond acceptors (Lipinski definition) is 8. The first-order chi connectivity index (χ1) is 24.1. The van der Waals surface area contributed by atoms with E-state index in [9.17, 15) is 32.4 Å². The van der Waals surface area contributed by atoms with Crippen LogP contribution < -0.4 is 20.7 Å². The molecule has 3 fully saturated rings. The van der Waals surface area contributed by atoms with E-state index in [4.69, 9.17) is 4.74 Å². The lowest BCUT2D eigenvalue weighted by molar-refractivity contribution is -0.142. The van der Waals surface area contributed by atoms with Gasteiger partial charge in [-0.1, -0.05) is 77.6 Å². The Kier molecular flexibility index (Phi) is 12.0. The number of alkyl carbamates (subject to hydrolysis) is 1. The average Bonchev–Trinajstić information content (AvgIpc) is 4.00. The van der Waals surface area contributed by atoms with Crippen molar-refractivity contribution < 1.29 is 37.1 Å². The molecule has 4 aliphatic rings. The van der Waals surface area contributed by atoms with Gasteiger partial charge in [0.15, 0.2) is 0 Å². The SMILES string of the molecule is CC[C@@H]1C[C@]1(NC(=O)[C@@H]1C[C@@H]2CN1C(=O)[C@H](C(C)(C)C)NC(=O)OCCCCCCCc1ccccc1CCC(=O)N2)C(=O)NS(=O)(=O)C1CC1. The van der Waals surface area contributed by atoms with Crippen molar-refractivity contribution in [3.8, 4) is 0 Å². The predicted molar refractivity (Wildman–Crippen MR) is 191 cm³/mol. The van der Waals surface area contributed by atoms with Crippen molar-refractivity contribution in [2.75, 3.05) is 13.2 Å². The molecule has 2 heterocycles. The van der Waals surface area contributed by atoms with Crippen molar-refractivity contribution in [1.29, 1.82) is 0 Å². The first-order valence-corrected chi connectivity index (χ1v) is 20.2. The monoisotopic (exact) mass is 729 g/mol. The molecule has 2 bridgehead atoms. The Morgan fingerprint density at radius 3 is 2.27 bits per heavy atom. The summed E-state index contributed by atoms with van der Waals surface area (Å²) in [6.07, 6.45) is 7.44. The van der Waals surface area contributed by atoms with Gasteiger partial charge in [0.1, 0.15) is 17.6 Å². The van der Waals surface area contributed by atoms with Crippen LogP contribution in [0, 0.1) is 11.3 Å². The van der Waals surface area contributed by atoms with Gasteiger partial charge in [-0.05, 0) is 73.8 Å². The van der Waals surface area contributed by atoms with Crippen LogP contribution in [0.5, 0.6) is 0 Å². The normalized spacial score (nSPS) is 28.6. The summed E-state index contributed by atoms with van der Waals surface area (Å²) in [5, 5.41) is 7.99. The van der Waals surface area contributed by atoms with E-state index >= 15 is 0 Å². The number of nitrogens with one attached hydrogen (secondary N) is 4. The molecule has 1 saturated heterocycles. The summed E-state index contributed by atoms with van der Waals surface area (Å²) >= 11 is 0. The van der Waals surface area contributed by atoms with Gasteiger partial charge in [0.25, 0.3) is 5.91 Å². The second-order valence-corrected chi connectivity index (χ2v) is 17.8. The Bertz CT molecular complexity index is 1590. The first kappa shape index (κ1) is 38.5. The quantitative estimate of drug-likeness (QED) is 0.345. The Balaban J connectivity index is 1.38. The Morgan fingerprint density at radius 1 is 0.961 bits per heavy atom. The molecule has 0 spiro atoms. The molecule has 1 aromatic carbocycles. The number of cyclic esters (lactones) is 1. The van der Waals surface area contributed by atoms with Crippen molar-refractivity contribution in [3.63, 3.8) is 0 Å². The number of hydrogen-bond donors (Lipinski definition) is 4. The second-order valence-electron chi connectivity index (χ2n) is 15.8. The fraction of sp³-hybridized carbons (Fsp3) is 0.703. The van der Waals surface area contributed by atoms with Crippen LogP contribution in [0.1, 0.15) is 109 Å². The summed E-state index contributed by atoms with van der Waals surface area (Å²) in [4.78, 5) is 69.6. The molecule has 5 atom stereocenters. The lowest BCUT2D eigenvalue weighted by atomic mass is 9.85. The molecule has 0 radical (unpaired) electrons. The summed E-state index contributed by atoms with van der Waals surface area (Å²) < 4.78 is 33.0. The minimum atomic E-state index is -3.85. The van der Waals surface area contributed by atoms with E-state index < -0.39 is 68.2 Å². The maximum Gasteiger partial charge on any atom is 0.407 e. The summed E-state index contributed by atoms with van der Waals surface area (Å²) in [6.45, 7) is 7.48. The largest absolute Gasteiger partial charge is 0.450 e. The molecule has 0 unspecified atom stereocenters. The lowest BCUT2D eigenvalue weighted by Gasteiger charge is -2.35. The minimum absolute atomic E-state index is 0.00895. The third kappa shape index (κ3) is 9.61. The Labute approximate surface area is 301 Å². The van der Waals surface area contributed by atoms with Crippen LogP contribution in [-0.4, -0.2) is 85.1 Å². The summed E-state index contributed by atoms with van der Waals surface area (Å²) in [5.74, 6) is -2.40. The van der Waals surface area contributed by atoms with Crippen molar-refractivity contribution in [2.24, 2.45) is 11.3 Å². The van der Waals surface area contributed by atoms with E-state index in [0.29, 0.717) is 32.1 Å². The zero-order valence-electron chi connectivity index (χ0n) is 30.4. The molecule has 5 rings (SSSR count). The molecule has 2 aliphatic heterocycles. The molecule has 51 heavy (non-hydrogen) atoms. The highest BCUT2D eigenvalue weighted by Gasteiger charge is 2.62. The van der Waals surface area contributed by atoms with Crippen LogP contribution >= 0.6 is 0 Å². The van der Waals surface area contributed by atoms with E-state index in [-0.39, 0.29) is 44.2 Å². The van der Waals surface area contributed by atoms with Crippen LogP contribution in [0.3, 0.4) is 0 Å². The van der Waals surface area contributed by atoms with E-state index in [0.717, 1.165) is 37.7 Å². The predicted octanol–water partition coefficient (Wildman–Crippen LogP) is 3.25. The number of aryl methyl sites for hydroxylation is 2. The first-order valence-electron chi connectivity index (χ1n) is 18.6. The number of carbonyl (C=O) groups excluding carboxylic acids is 5. The molecule has 14 heteroatoms. The summed E-state index contributed by atoms with van der Waals surface area (Å²) in [7, 11) is -3.85. The van der Waals surface area contributed by atoms with Gasteiger partial charge in [0.05, 0.1) is 11.9 Å². The van der Waals surface area contributed by atoms with Crippen LogP contribution in [0.15, 0.2) is 24.3 Å². The molecule has 4 N–H and O–H groups in total. The molecule has 13 nitrogen and oxygen atoms in total. The van der Waals surface area contributed by atoms with Crippen LogP contribution in [0.4, 0.5) is 4.79 Å². The number of amides is 5. The van der Waals surface area contributed by atoms with Crippen molar-refractivity contribution in [1.82, 2.24) is 25.6 Å². The van der Waals surface area contributed by atoms with E-state index in [2.05, 4.69) is 26.7 Å². The maximum absolute atomic E-state index is 14.4. The number of fused-ring (bicyclic) bond motifs is 3. The number of ether oxygens (including phenoxy) is 1. The highest BCUT2D eigenvalue weighted by Crippen LogP contribution is 2.47. The maximum atomic E-state index is 14.4. The standard InChI is InChI=1S/C37H55N5O8S/c1-5-26-22-37(26,34(46)41-51(48,49)28-17-18-28)40-32(44)29-21-27-23-42(29)33(45)31(36(2,3)4)39-35(47)50-20-12-8-6-7-9-13-24-14-10-11-15-25(24)16-19-30(43)38-27/h10-11,14-15,26-29,31H,5-9,12-13,16-23H2,1-4H3,(H,38,43)(H,39,47)(H,40,44)(H,41,46)/t26-,27-,29+,31-,37-/m1/s1. The highest BCUT2D eigenvalue weighted by molar-refractivity contribution is 7.91. The third-order valence-corrected chi connectivity index (χ3v) is 12.6. The fourth-order valence-electron chi connectivity index (χ4n) is 7.41. The number of nitrogens with zero attached hydrogens (tertiary/aromatic N) is 1. The van der Waals surface area contributed by atoms with Crippen molar-refractivity contribution >= 4 is 39.7 Å². The zero-order valence-corrected chi connectivity index (χ0v) is 31.2. The number of carbonyl (C=O) groups is 5. The molecular formula is C37H55N5O8S. The molecular weight excluding hydrogens is 675 g/mol. The van der Waals surface area contributed by atoms with E-state index in [1.165, 1.54) is 10.5 Å². The van der Waals surface area contributed by atoms with Crippen LogP contribution in [0.25, 0.3) is 0 Å². The molecule has 0 aromatic heterocycles. The lowest BCUT2D eigenvalue weighted by Crippen LogP contribution is -2.60. The number of rotatable bonds is 6. The van der Waals surface area contributed by atoms with Crippen LogP contribution in [-0.2, 0) is 46.8 Å². The third-order valence-electron chi connectivity index (χ3n) is 10.7. The topological polar surface area (TPSA) is 180 Å². The molecule has 2 saturated carbocycles. The smallest absolute Gasteiger partial charge is 0.407 e. The summed E-state index contributed by atoms with van der Waals surface area (Å²) in [6, 6.07) is 5.40. The van der Waals surface area contributed by atoms with Gasteiger partial charge < -0.3 is 25.6 Å². The van der Waals surface area contributed by atoms with Gasteiger partial charge in [-0.25, -0.2) is 13.2 Å². The van der Waals surface area contributed by atoms with Crippen LogP contribution in [0.2, 0.25) is 0 Å². The zero-order chi connectivity index (χ0) is 37.0. The van der Waals surface area contributed by atoms with Gasteiger partial charge in [-0.15, -0.1) is 0 Å². The summed E-state index contributed by atoms with van der Waals surface area (Å²) in [5.41, 5.74) is 0.133. The van der Waals surface area contributed by atoms with Gasteiger partial charge in [0, 0.05) is 19.0 Å². The van der Waals surface area contributed by atoms with E-state index in [1.54, 1.807) is 20.8 Å². The number of sulfonamides is 1. The Morgan fingerprint density at radius 2 is 1.63 bits per heavy atom. The average molecular weight is 730 g/mol. The minimum Gasteiger partial charge on any atom is -0.450 e.